The van der Waals surface area contributed by atoms with E-state index in [0.717, 1.165) is 0 Å². The maximum atomic E-state index is 11.3. The number of hydrogen-bond donors (Lipinski definition) is 0. The number of hydrogen-bond acceptors (Lipinski definition) is 6. The Bertz CT molecular complexity index is 334. The molecule has 0 aromatic rings. The number of thioether (sulfide) groups is 2. The molecule has 18 heavy (non-hydrogen) atoms. The van der Waals surface area contributed by atoms with Crippen LogP contribution in [0, 0.1) is 0 Å². The summed E-state index contributed by atoms with van der Waals surface area (Å²) in [5.74, 6) is 0.422. The summed E-state index contributed by atoms with van der Waals surface area (Å²) >= 11 is 2.92. The van der Waals surface area contributed by atoms with Crippen LogP contribution in [0.5, 0.6) is 0 Å². The summed E-state index contributed by atoms with van der Waals surface area (Å²) < 4.78 is 10.4. The summed E-state index contributed by atoms with van der Waals surface area (Å²) in [6.07, 6.45) is 0. The largest absolute Gasteiger partial charge is 0.447 e. The fourth-order valence-electron chi connectivity index (χ4n) is 1.04. The fourth-order valence-corrected chi connectivity index (χ4v) is 3.48. The predicted octanol–water partition coefficient (Wildman–Crippen LogP) is 2.36. The van der Waals surface area contributed by atoms with Gasteiger partial charge in [-0.2, -0.15) is 0 Å². The molecule has 0 aromatic heterocycles. The molecule has 0 bridgehead atoms. The lowest BCUT2D eigenvalue weighted by molar-refractivity contribution is -0.141. The molecule has 0 spiro atoms. The van der Waals surface area contributed by atoms with E-state index in [1.807, 2.05) is 0 Å². The van der Waals surface area contributed by atoms with Gasteiger partial charge in [0.25, 0.3) is 0 Å². The summed E-state index contributed by atoms with van der Waals surface area (Å²) in [5, 5.41) is 0. The molecule has 1 saturated heterocycles. The predicted molar refractivity (Wildman–Crippen MR) is 74.3 cm³/mol. The minimum atomic E-state index is -0.384. The molecule has 2 atom stereocenters. The summed E-state index contributed by atoms with van der Waals surface area (Å²) in [6, 6.07) is 0. The normalized spacial score (nSPS) is 23.0. The molecule has 6 heteroatoms. The molecule has 100 valence electrons. The highest BCUT2D eigenvalue weighted by atomic mass is 32.2. The van der Waals surface area contributed by atoms with Crippen LogP contribution in [0.3, 0.4) is 0 Å². The molecule has 1 aliphatic heterocycles. The minimum Gasteiger partial charge on any atom is -0.447 e. The average Bonchev–Trinajstić information content (AvgIpc) is 2.31. The van der Waals surface area contributed by atoms with Crippen molar-refractivity contribution in [3.05, 3.63) is 24.3 Å². The van der Waals surface area contributed by atoms with Crippen molar-refractivity contribution in [2.24, 2.45) is 0 Å². The first-order chi connectivity index (χ1) is 8.40. The van der Waals surface area contributed by atoms with Crippen LogP contribution in [0.4, 0.5) is 0 Å². The van der Waals surface area contributed by atoms with Gasteiger partial charge in [-0.25, -0.2) is 9.59 Å². The van der Waals surface area contributed by atoms with E-state index in [-0.39, 0.29) is 22.8 Å². The maximum Gasteiger partial charge on any atom is 0.334 e. The molecular formula is C12H16O4S2. The number of carbonyl (C=O) groups is 2. The third-order valence-corrected chi connectivity index (χ3v) is 4.69. The van der Waals surface area contributed by atoms with Gasteiger partial charge in [-0.05, 0) is 13.8 Å². The first-order valence-corrected chi connectivity index (χ1v) is 7.46. The van der Waals surface area contributed by atoms with Crippen molar-refractivity contribution in [2.45, 2.75) is 24.7 Å². The van der Waals surface area contributed by atoms with Gasteiger partial charge in [0.15, 0.2) is 10.9 Å². The first kappa shape index (κ1) is 15.2. The molecule has 0 N–H and O–H groups in total. The maximum absolute atomic E-state index is 11.3. The van der Waals surface area contributed by atoms with Crippen molar-refractivity contribution in [3.8, 4) is 0 Å². The van der Waals surface area contributed by atoms with Gasteiger partial charge in [-0.15, -0.1) is 23.5 Å². The quantitative estimate of drug-likeness (QED) is 0.585. The zero-order chi connectivity index (χ0) is 13.7. The SMILES string of the molecule is C=C(C)C(=O)OC1CSC(OC(=O)C(=C)C)CS1. The topological polar surface area (TPSA) is 52.6 Å². The third kappa shape index (κ3) is 4.78. The monoisotopic (exact) mass is 288 g/mol. The molecule has 0 aromatic carbocycles. The van der Waals surface area contributed by atoms with Crippen LogP contribution in [0.25, 0.3) is 0 Å². The van der Waals surface area contributed by atoms with Gasteiger partial charge < -0.3 is 9.47 Å². The summed E-state index contributed by atoms with van der Waals surface area (Å²) in [7, 11) is 0. The second-order valence-corrected chi connectivity index (χ2v) is 6.28. The van der Waals surface area contributed by atoms with Crippen molar-refractivity contribution in [2.75, 3.05) is 11.5 Å². The van der Waals surface area contributed by atoms with Crippen LogP contribution >= 0.6 is 23.5 Å². The highest BCUT2D eigenvalue weighted by Gasteiger charge is 2.27. The zero-order valence-corrected chi connectivity index (χ0v) is 12.1. The Balaban J connectivity index is 2.33. The van der Waals surface area contributed by atoms with Crippen LogP contribution in [-0.2, 0) is 19.1 Å². The molecule has 1 fully saturated rings. The van der Waals surface area contributed by atoms with Gasteiger partial charge in [-0.3, -0.25) is 0 Å². The van der Waals surface area contributed by atoms with E-state index in [1.54, 1.807) is 13.8 Å². The second kappa shape index (κ2) is 6.89. The van der Waals surface area contributed by atoms with E-state index < -0.39 is 0 Å². The highest BCUT2D eigenvalue weighted by Crippen LogP contribution is 2.31. The molecular weight excluding hydrogens is 272 g/mol. The van der Waals surface area contributed by atoms with Gasteiger partial charge in [0.05, 0.1) is 0 Å². The number of rotatable bonds is 4. The lowest BCUT2D eigenvalue weighted by atomic mass is 10.4. The Kier molecular flexibility index (Phi) is 5.81. The van der Waals surface area contributed by atoms with Crippen LogP contribution in [0.2, 0.25) is 0 Å². The molecule has 1 rings (SSSR count). The van der Waals surface area contributed by atoms with Crippen molar-refractivity contribution in [1.29, 1.82) is 0 Å². The number of ether oxygens (including phenoxy) is 2. The number of carbonyl (C=O) groups excluding carboxylic acids is 2. The second-order valence-electron chi connectivity index (χ2n) is 3.90. The van der Waals surface area contributed by atoms with E-state index in [0.29, 0.717) is 22.7 Å². The Hall–Kier alpha value is -0.880. The van der Waals surface area contributed by atoms with Gasteiger partial charge in [0.1, 0.15) is 0 Å². The molecule has 1 aliphatic rings. The molecule has 1 heterocycles. The van der Waals surface area contributed by atoms with E-state index in [9.17, 15) is 9.59 Å². The Morgan fingerprint density at radius 3 is 1.50 bits per heavy atom. The molecule has 0 radical (unpaired) electrons. The van der Waals surface area contributed by atoms with Gasteiger partial charge in [-0.1, -0.05) is 13.2 Å². The molecule has 0 aliphatic carbocycles. The van der Waals surface area contributed by atoms with Crippen LogP contribution < -0.4 is 0 Å². The summed E-state index contributed by atoms with van der Waals surface area (Å²) in [5.41, 5.74) is 0.353. The smallest absolute Gasteiger partial charge is 0.334 e. The average molecular weight is 288 g/mol. The lowest BCUT2D eigenvalue weighted by Gasteiger charge is -2.27. The number of esters is 2. The van der Waals surface area contributed by atoms with Crippen molar-refractivity contribution < 1.29 is 19.1 Å². The van der Waals surface area contributed by atoms with E-state index in [2.05, 4.69) is 13.2 Å². The fraction of sp³-hybridized carbons (Fsp3) is 0.500. The Morgan fingerprint density at radius 1 is 0.944 bits per heavy atom. The van der Waals surface area contributed by atoms with E-state index >= 15 is 0 Å². The van der Waals surface area contributed by atoms with Crippen molar-refractivity contribution in [3.63, 3.8) is 0 Å². The summed E-state index contributed by atoms with van der Waals surface area (Å²) in [4.78, 5) is 22.6. The molecule has 4 nitrogen and oxygen atoms in total. The summed E-state index contributed by atoms with van der Waals surface area (Å²) in [6.45, 7) is 10.3. The molecule has 0 amide bonds. The standard InChI is InChI=1S/C12H16O4S2/c1-7(2)11(13)15-9-5-18-10(6-17-9)16-12(14)8(3)4/h9-10H,1,3,5-6H2,2,4H3. The van der Waals surface area contributed by atoms with E-state index in [4.69, 9.17) is 9.47 Å². The van der Waals surface area contributed by atoms with Crippen LogP contribution in [0.15, 0.2) is 24.3 Å². The minimum absolute atomic E-state index is 0.209. The lowest BCUT2D eigenvalue weighted by Crippen LogP contribution is -2.29. The first-order valence-electron chi connectivity index (χ1n) is 5.36. The molecule has 2 unspecified atom stereocenters. The Labute approximate surface area is 115 Å². The zero-order valence-electron chi connectivity index (χ0n) is 10.4. The van der Waals surface area contributed by atoms with Gasteiger partial charge >= 0.3 is 11.9 Å². The van der Waals surface area contributed by atoms with Gasteiger partial charge in [0.2, 0.25) is 0 Å². The van der Waals surface area contributed by atoms with Crippen molar-refractivity contribution >= 4 is 35.5 Å². The van der Waals surface area contributed by atoms with E-state index in [1.165, 1.54) is 23.5 Å². The Morgan fingerprint density at radius 2 is 1.28 bits per heavy atom. The van der Waals surface area contributed by atoms with Gasteiger partial charge in [0, 0.05) is 22.7 Å². The van der Waals surface area contributed by atoms with Crippen molar-refractivity contribution in [1.82, 2.24) is 0 Å². The van der Waals surface area contributed by atoms with Crippen LogP contribution in [0.1, 0.15) is 13.8 Å². The molecule has 0 saturated carbocycles. The third-order valence-electron chi connectivity index (χ3n) is 2.01. The van der Waals surface area contributed by atoms with Crippen LogP contribution in [-0.4, -0.2) is 34.3 Å². The highest BCUT2D eigenvalue weighted by molar-refractivity contribution is 8.06.